The number of carbonyl (C=O) groups is 2. The van der Waals surface area contributed by atoms with Gasteiger partial charge in [-0.2, -0.15) is 5.10 Å². The fourth-order valence-electron chi connectivity index (χ4n) is 3.02. The van der Waals surface area contributed by atoms with Gasteiger partial charge in [0.05, 0.1) is 24.9 Å². The number of amides is 2. The number of nitrogens with zero attached hydrogens (tertiary/aromatic N) is 3. The van der Waals surface area contributed by atoms with E-state index in [1.165, 1.54) is 0 Å². The van der Waals surface area contributed by atoms with Crippen LogP contribution in [0.5, 0.6) is 5.75 Å². The highest BCUT2D eigenvalue weighted by atomic mass is 16.5. The molecule has 1 atom stereocenters. The van der Waals surface area contributed by atoms with Crippen LogP contribution in [0.1, 0.15) is 26.3 Å². The smallest absolute Gasteiger partial charge is 0.230 e. The Labute approximate surface area is 146 Å². The molecule has 0 aliphatic carbocycles. The van der Waals surface area contributed by atoms with E-state index in [0.29, 0.717) is 23.8 Å². The lowest BCUT2D eigenvalue weighted by Crippen LogP contribution is -2.29. The molecular weight excluding hydrogens is 320 g/mol. The summed E-state index contributed by atoms with van der Waals surface area (Å²) in [7, 11) is 1.57. The van der Waals surface area contributed by atoms with Crippen molar-refractivity contribution < 1.29 is 14.3 Å². The van der Waals surface area contributed by atoms with Crippen LogP contribution in [-0.4, -0.2) is 35.2 Å². The third-order valence-electron chi connectivity index (χ3n) is 4.28. The SMILES string of the molecule is COc1ccccc1N1CC(C(=O)Nc2ccnn2C(C)C)CC1=O. The van der Waals surface area contributed by atoms with Gasteiger partial charge in [-0.25, -0.2) is 4.68 Å². The highest BCUT2D eigenvalue weighted by Gasteiger charge is 2.36. The van der Waals surface area contributed by atoms with Gasteiger partial charge in [0.1, 0.15) is 11.6 Å². The Bertz CT molecular complexity index is 784. The highest BCUT2D eigenvalue weighted by molar-refractivity contribution is 6.04. The lowest BCUT2D eigenvalue weighted by atomic mass is 10.1. The first-order chi connectivity index (χ1) is 12.0. The van der Waals surface area contributed by atoms with E-state index in [-0.39, 0.29) is 24.3 Å². The molecule has 1 saturated heterocycles. The zero-order chi connectivity index (χ0) is 18.0. The summed E-state index contributed by atoms with van der Waals surface area (Å²) in [6.07, 6.45) is 1.83. The molecule has 1 aliphatic heterocycles. The van der Waals surface area contributed by atoms with Gasteiger partial charge in [-0.1, -0.05) is 12.1 Å². The van der Waals surface area contributed by atoms with Gasteiger partial charge in [0.2, 0.25) is 11.8 Å². The van der Waals surface area contributed by atoms with Gasteiger partial charge in [-0.15, -0.1) is 0 Å². The predicted octanol–water partition coefficient (Wildman–Crippen LogP) is 2.46. The lowest BCUT2D eigenvalue weighted by Gasteiger charge is -2.19. The van der Waals surface area contributed by atoms with Crippen molar-refractivity contribution in [2.45, 2.75) is 26.3 Å². The van der Waals surface area contributed by atoms with E-state index in [1.54, 1.807) is 35.0 Å². The van der Waals surface area contributed by atoms with Gasteiger partial charge in [-0.05, 0) is 26.0 Å². The number of ether oxygens (including phenoxy) is 1. The van der Waals surface area contributed by atoms with Crippen LogP contribution in [0.4, 0.5) is 11.5 Å². The normalized spacial score (nSPS) is 17.2. The standard InChI is InChI=1S/C18H22N4O3/c1-12(2)22-16(8-9-19-22)20-18(24)13-10-17(23)21(11-13)14-6-4-5-7-15(14)25-3/h4-9,12-13H,10-11H2,1-3H3,(H,20,24). The maximum atomic E-state index is 12.6. The number of hydrogen-bond donors (Lipinski definition) is 1. The third kappa shape index (κ3) is 3.35. The van der Waals surface area contributed by atoms with Gasteiger partial charge in [0.25, 0.3) is 0 Å². The number of methoxy groups -OCH3 is 1. The van der Waals surface area contributed by atoms with Crippen molar-refractivity contribution in [3.8, 4) is 5.75 Å². The van der Waals surface area contributed by atoms with Gasteiger partial charge >= 0.3 is 0 Å². The maximum Gasteiger partial charge on any atom is 0.230 e. The lowest BCUT2D eigenvalue weighted by molar-refractivity contribution is -0.122. The fourth-order valence-corrected chi connectivity index (χ4v) is 3.02. The monoisotopic (exact) mass is 342 g/mol. The molecule has 1 fully saturated rings. The molecule has 25 heavy (non-hydrogen) atoms. The Morgan fingerprint density at radius 2 is 2.08 bits per heavy atom. The molecule has 2 amide bonds. The van der Waals surface area contributed by atoms with Crippen LogP contribution in [0.25, 0.3) is 0 Å². The molecule has 1 aromatic carbocycles. The summed E-state index contributed by atoms with van der Waals surface area (Å²) in [6, 6.07) is 9.22. The van der Waals surface area contributed by atoms with Crippen molar-refractivity contribution in [2.24, 2.45) is 5.92 Å². The molecule has 3 rings (SSSR count). The van der Waals surface area contributed by atoms with Crippen LogP contribution >= 0.6 is 0 Å². The second-order valence-electron chi connectivity index (χ2n) is 6.32. The summed E-state index contributed by atoms with van der Waals surface area (Å²) in [5, 5.41) is 7.09. The first kappa shape index (κ1) is 17.0. The minimum absolute atomic E-state index is 0.0815. The Morgan fingerprint density at radius 3 is 2.80 bits per heavy atom. The Balaban J connectivity index is 1.74. The zero-order valence-corrected chi connectivity index (χ0v) is 14.6. The molecule has 1 N–H and O–H groups in total. The minimum Gasteiger partial charge on any atom is -0.495 e. The highest BCUT2D eigenvalue weighted by Crippen LogP contribution is 2.33. The van der Waals surface area contributed by atoms with E-state index in [9.17, 15) is 9.59 Å². The van der Waals surface area contributed by atoms with Crippen molar-refractivity contribution in [1.82, 2.24) is 9.78 Å². The van der Waals surface area contributed by atoms with Crippen LogP contribution in [-0.2, 0) is 9.59 Å². The Kier molecular flexibility index (Phi) is 4.74. The Morgan fingerprint density at radius 1 is 1.32 bits per heavy atom. The first-order valence-corrected chi connectivity index (χ1v) is 8.29. The summed E-state index contributed by atoms with van der Waals surface area (Å²) in [6.45, 7) is 4.32. The molecular formula is C18H22N4O3. The predicted molar refractivity (Wildman–Crippen MR) is 94.7 cm³/mol. The summed E-state index contributed by atoms with van der Waals surface area (Å²) in [4.78, 5) is 26.6. The van der Waals surface area contributed by atoms with Crippen molar-refractivity contribution in [1.29, 1.82) is 0 Å². The number of nitrogens with one attached hydrogen (secondary N) is 1. The molecule has 2 heterocycles. The third-order valence-corrected chi connectivity index (χ3v) is 4.28. The summed E-state index contributed by atoms with van der Waals surface area (Å²) in [5.41, 5.74) is 0.692. The number of benzene rings is 1. The quantitative estimate of drug-likeness (QED) is 0.905. The molecule has 0 radical (unpaired) electrons. The van der Waals surface area contributed by atoms with E-state index < -0.39 is 5.92 Å². The molecule has 132 valence electrons. The van der Waals surface area contributed by atoms with Crippen LogP contribution in [0, 0.1) is 5.92 Å². The average molecular weight is 342 g/mol. The molecule has 1 aromatic heterocycles. The average Bonchev–Trinajstić information content (AvgIpc) is 3.21. The van der Waals surface area contributed by atoms with Gasteiger partial charge in [0.15, 0.2) is 0 Å². The van der Waals surface area contributed by atoms with Crippen LogP contribution in [0.2, 0.25) is 0 Å². The summed E-state index contributed by atoms with van der Waals surface area (Å²) >= 11 is 0. The van der Waals surface area contributed by atoms with E-state index in [2.05, 4.69) is 10.4 Å². The summed E-state index contributed by atoms with van der Waals surface area (Å²) in [5.74, 6) is 0.598. The zero-order valence-electron chi connectivity index (χ0n) is 14.6. The topological polar surface area (TPSA) is 76.5 Å². The number of rotatable bonds is 5. The van der Waals surface area contributed by atoms with E-state index in [1.807, 2.05) is 32.0 Å². The van der Waals surface area contributed by atoms with Crippen molar-refractivity contribution >= 4 is 23.3 Å². The van der Waals surface area contributed by atoms with Crippen LogP contribution < -0.4 is 15.0 Å². The largest absolute Gasteiger partial charge is 0.495 e. The fraction of sp³-hybridized carbons (Fsp3) is 0.389. The van der Waals surface area contributed by atoms with Crippen LogP contribution in [0.3, 0.4) is 0 Å². The number of carbonyl (C=O) groups excluding carboxylic acids is 2. The van der Waals surface area contributed by atoms with E-state index in [4.69, 9.17) is 4.74 Å². The Hall–Kier alpha value is -2.83. The van der Waals surface area contributed by atoms with Gasteiger partial charge in [0, 0.05) is 25.1 Å². The number of hydrogen-bond acceptors (Lipinski definition) is 4. The molecule has 2 aromatic rings. The number of aromatic nitrogens is 2. The van der Waals surface area contributed by atoms with Crippen molar-refractivity contribution in [3.63, 3.8) is 0 Å². The second-order valence-corrected chi connectivity index (χ2v) is 6.32. The van der Waals surface area contributed by atoms with Crippen molar-refractivity contribution in [2.75, 3.05) is 23.9 Å². The molecule has 0 saturated carbocycles. The van der Waals surface area contributed by atoms with Gasteiger partial charge < -0.3 is 15.0 Å². The molecule has 0 spiro atoms. The maximum absolute atomic E-state index is 12.6. The number of para-hydroxylation sites is 2. The molecule has 0 bridgehead atoms. The number of anilines is 2. The van der Waals surface area contributed by atoms with Gasteiger partial charge in [-0.3, -0.25) is 9.59 Å². The summed E-state index contributed by atoms with van der Waals surface area (Å²) < 4.78 is 7.07. The van der Waals surface area contributed by atoms with E-state index in [0.717, 1.165) is 0 Å². The van der Waals surface area contributed by atoms with E-state index >= 15 is 0 Å². The minimum atomic E-state index is -0.409. The first-order valence-electron chi connectivity index (χ1n) is 8.29. The molecule has 1 unspecified atom stereocenters. The molecule has 7 heteroatoms. The van der Waals surface area contributed by atoms with Crippen molar-refractivity contribution in [3.05, 3.63) is 36.5 Å². The molecule has 1 aliphatic rings. The van der Waals surface area contributed by atoms with Crippen LogP contribution in [0.15, 0.2) is 36.5 Å². The second kappa shape index (κ2) is 6.96. The molecule has 7 nitrogen and oxygen atoms in total.